The summed E-state index contributed by atoms with van der Waals surface area (Å²) in [5.41, 5.74) is 1.06. The van der Waals surface area contributed by atoms with Crippen LogP contribution in [0, 0.1) is 17.1 Å². The molecule has 0 saturated carbocycles. The van der Waals surface area contributed by atoms with Crippen molar-refractivity contribution >= 4 is 28.7 Å². The van der Waals surface area contributed by atoms with Gasteiger partial charge in [-0.15, -0.1) is 0 Å². The fourth-order valence-electron chi connectivity index (χ4n) is 2.60. The third-order valence-corrected chi connectivity index (χ3v) is 5.10. The molecule has 2 atom stereocenters. The largest absolute Gasteiger partial charge is 0.345 e. The first-order valence-corrected chi connectivity index (χ1v) is 8.62. The minimum atomic E-state index is -1.43. The van der Waals surface area contributed by atoms with Crippen LogP contribution < -0.4 is 10.0 Å². The number of carbonyl (C=O) groups excluding carboxylic acids is 1. The highest BCUT2D eigenvalue weighted by molar-refractivity contribution is 7.83. The molecule has 1 aliphatic heterocycles. The van der Waals surface area contributed by atoms with Crippen molar-refractivity contribution in [1.29, 1.82) is 5.26 Å². The predicted octanol–water partition coefficient (Wildman–Crippen LogP) is 2.32. The molecule has 2 heterocycles. The third-order valence-electron chi connectivity index (χ3n) is 3.79. The average Bonchev–Trinajstić information content (AvgIpc) is 2.84. The summed E-state index contributed by atoms with van der Waals surface area (Å²) in [6.45, 7) is 1.86. The number of nitriles is 1. The van der Waals surface area contributed by atoms with Crippen LogP contribution in [0.15, 0.2) is 35.4 Å². The summed E-state index contributed by atoms with van der Waals surface area (Å²) in [6, 6.07) is 5.42. The SMILES string of the molecule is CC1C=Cc2c(cn(C)c2C(=O)Nc2ccc(F)c(C#N)c2)S(=O)N1. The molecule has 6 nitrogen and oxygen atoms in total. The molecule has 8 heteroatoms. The van der Waals surface area contributed by atoms with Crippen LogP contribution in [-0.2, 0) is 18.0 Å². The summed E-state index contributed by atoms with van der Waals surface area (Å²) in [6.07, 6.45) is 5.23. The number of amides is 1. The lowest BCUT2D eigenvalue weighted by Gasteiger charge is -2.08. The average molecular weight is 358 g/mol. The zero-order chi connectivity index (χ0) is 18.1. The van der Waals surface area contributed by atoms with Gasteiger partial charge in [0.1, 0.15) is 28.6 Å². The third kappa shape index (κ3) is 3.24. The number of benzene rings is 1. The Balaban J connectivity index is 1.98. The molecule has 1 aromatic heterocycles. The van der Waals surface area contributed by atoms with Gasteiger partial charge >= 0.3 is 0 Å². The van der Waals surface area contributed by atoms with Gasteiger partial charge in [-0.25, -0.2) is 13.3 Å². The fraction of sp³-hybridized carbons (Fsp3) is 0.176. The van der Waals surface area contributed by atoms with Gasteiger partial charge in [0.2, 0.25) is 0 Å². The zero-order valence-corrected chi connectivity index (χ0v) is 14.4. The second-order valence-corrected chi connectivity index (χ2v) is 6.87. The van der Waals surface area contributed by atoms with Gasteiger partial charge in [0.15, 0.2) is 0 Å². The molecule has 2 N–H and O–H groups in total. The number of hydrogen-bond donors (Lipinski definition) is 2. The second-order valence-electron chi connectivity index (χ2n) is 5.66. The Bertz CT molecular complexity index is 958. The first kappa shape index (κ1) is 17.1. The van der Waals surface area contributed by atoms with Crippen molar-refractivity contribution in [2.45, 2.75) is 17.9 Å². The monoisotopic (exact) mass is 358 g/mol. The molecule has 0 radical (unpaired) electrons. The molecule has 0 fully saturated rings. The summed E-state index contributed by atoms with van der Waals surface area (Å²) in [5, 5.41) is 11.5. The number of aromatic nitrogens is 1. The lowest BCUT2D eigenvalue weighted by Crippen LogP contribution is -2.24. The van der Waals surface area contributed by atoms with Crippen LogP contribution in [-0.4, -0.2) is 20.7 Å². The van der Waals surface area contributed by atoms with Crippen molar-refractivity contribution in [2.24, 2.45) is 7.05 Å². The highest BCUT2D eigenvalue weighted by Crippen LogP contribution is 2.25. The van der Waals surface area contributed by atoms with Crippen LogP contribution in [0.25, 0.3) is 6.08 Å². The van der Waals surface area contributed by atoms with Crippen LogP contribution in [0.3, 0.4) is 0 Å². The molecule has 2 unspecified atom stereocenters. The van der Waals surface area contributed by atoms with Crippen LogP contribution in [0.1, 0.15) is 28.5 Å². The number of anilines is 1. The van der Waals surface area contributed by atoms with E-state index in [1.165, 1.54) is 12.1 Å². The number of carbonyl (C=O) groups is 1. The van der Waals surface area contributed by atoms with Gasteiger partial charge in [-0.3, -0.25) is 4.79 Å². The van der Waals surface area contributed by atoms with E-state index < -0.39 is 22.7 Å². The summed E-state index contributed by atoms with van der Waals surface area (Å²) in [7, 11) is 0.255. The molecule has 1 aliphatic rings. The molecule has 25 heavy (non-hydrogen) atoms. The number of nitrogens with zero attached hydrogens (tertiary/aromatic N) is 2. The molecule has 2 aromatic rings. The smallest absolute Gasteiger partial charge is 0.272 e. The van der Waals surface area contributed by atoms with Crippen molar-refractivity contribution < 1.29 is 13.4 Å². The minimum Gasteiger partial charge on any atom is -0.345 e. The molecule has 0 aliphatic carbocycles. The van der Waals surface area contributed by atoms with Crippen molar-refractivity contribution in [3.63, 3.8) is 0 Å². The molecular formula is C17H15FN4O2S. The van der Waals surface area contributed by atoms with Crippen LogP contribution in [0.5, 0.6) is 0 Å². The second kappa shape index (κ2) is 6.63. The number of rotatable bonds is 2. The molecule has 0 saturated heterocycles. The van der Waals surface area contributed by atoms with Crippen LogP contribution in [0.2, 0.25) is 0 Å². The van der Waals surface area contributed by atoms with Gasteiger partial charge in [0, 0.05) is 30.5 Å². The van der Waals surface area contributed by atoms with Crippen LogP contribution >= 0.6 is 0 Å². The Morgan fingerprint density at radius 3 is 2.96 bits per heavy atom. The number of aryl methyl sites for hydroxylation is 1. The van der Waals surface area contributed by atoms with Crippen molar-refractivity contribution in [3.05, 3.63) is 53.1 Å². The van der Waals surface area contributed by atoms with Gasteiger partial charge in [-0.05, 0) is 25.1 Å². The van der Waals surface area contributed by atoms with Gasteiger partial charge in [0.25, 0.3) is 5.91 Å². The molecule has 1 amide bonds. The first-order valence-electron chi connectivity index (χ1n) is 7.47. The molecule has 0 spiro atoms. The van der Waals surface area contributed by atoms with E-state index in [1.54, 1.807) is 30.0 Å². The van der Waals surface area contributed by atoms with E-state index in [4.69, 9.17) is 5.26 Å². The van der Waals surface area contributed by atoms with Crippen molar-refractivity contribution in [2.75, 3.05) is 5.32 Å². The molecule has 0 bridgehead atoms. The Kier molecular flexibility index (Phi) is 4.53. The Morgan fingerprint density at radius 1 is 1.48 bits per heavy atom. The van der Waals surface area contributed by atoms with Gasteiger partial charge in [0.05, 0.1) is 10.5 Å². The Labute approximate surface area is 146 Å². The first-order chi connectivity index (χ1) is 11.9. The maximum atomic E-state index is 13.4. The maximum Gasteiger partial charge on any atom is 0.272 e. The van der Waals surface area contributed by atoms with E-state index in [0.29, 0.717) is 21.8 Å². The number of fused-ring (bicyclic) bond motifs is 1. The minimum absolute atomic E-state index is 0.0928. The van der Waals surface area contributed by atoms with Gasteiger partial charge < -0.3 is 9.88 Å². The lowest BCUT2D eigenvalue weighted by atomic mass is 10.1. The van der Waals surface area contributed by atoms with E-state index in [1.807, 2.05) is 13.0 Å². The van der Waals surface area contributed by atoms with E-state index >= 15 is 0 Å². The predicted molar refractivity (Wildman–Crippen MR) is 92.5 cm³/mol. The fourth-order valence-corrected chi connectivity index (χ4v) is 3.76. The summed E-state index contributed by atoms with van der Waals surface area (Å²) in [4.78, 5) is 13.2. The maximum absolute atomic E-state index is 13.4. The number of hydrogen-bond acceptors (Lipinski definition) is 3. The zero-order valence-electron chi connectivity index (χ0n) is 13.5. The normalized spacial score (nSPS) is 19.0. The molecule has 3 rings (SSSR count). The lowest BCUT2D eigenvalue weighted by molar-refractivity contribution is 0.101. The van der Waals surface area contributed by atoms with Gasteiger partial charge in [-0.2, -0.15) is 5.26 Å². The molecule has 128 valence electrons. The Morgan fingerprint density at radius 2 is 2.24 bits per heavy atom. The Hall–Kier alpha value is -2.76. The van der Waals surface area contributed by atoms with E-state index in [0.717, 1.165) is 6.07 Å². The van der Waals surface area contributed by atoms with Crippen molar-refractivity contribution in [3.8, 4) is 6.07 Å². The van der Waals surface area contributed by atoms with E-state index in [2.05, 4.69) is 10.0 Å². The summed E-state index contributed by atoms with van der Waals surface area (Å²) in [5.74, 6) is -1.08. The highest BCUT2D eigenvalue weighted by atomic mass is 32.2. The summed E-state index contributed by atoms with van der Waals surface area (Å²) < 4.78 is 30.2. The number of nitrogens with one attached hydrogen (secondary N) is 2. The molecule has 1 aromatic carbocycles. The standard InChI is InChI=1S/C17H15FN4O2S/c1-10-3-5-13-15(25(24)21-10)9-22(2)16(13)17(23)20-12-4-6-14(18)11(7-12)8-19/h3-7,9-10,21H,1-2H3,(H,20,23). The summed E-state index contributed by atoms with van der Waals surface area (Å²) >= 11 is 0. The highest BCUT2D eigenvalue weighted by Gasteiger charge is 2.24. The quantitative estimate of drug-likeness (QED) is 0.864. The van der Waals surface area contributed by atoms with Gasteiger partial charge in [-0.1, -0.05) is 12.2 Å². The van der Waals surface area contributed by atoms with Crippen LogP contribution in [0.4, 0.5) is 10.1 Å². The molecular weight excluding hydrogens is 343 g/mol. The van der Waals surface area contributed by atoms with E-state index in [9.17, 15) is 13.4 Å². The number of halogens is 1. The topological polar surface area (TPSA) is 86.9 Å². The van der Waals surface area contributed by atoms with Crippen molar-refractivity contribution in [1.82, 2.24) is 9.29 Å². The van der Waals surface area contributed by atoms with E-state index in [-0.39, 0.29) is 11.6 Å².